The normalized spacial score (nSPS) is 10.8. The van der Waals surface area contributed by atoms with Gasteiger partial charge in [0.05, 0.1) is 6.61 Å². The third-order valence-corrected chi connectivity index (χ3v) is 2.87. The van der Waals surface area contributed by atoms with Gasteiger partial charge in [-0.25, -0.2) is 4.98 Å². The molecule has 0 aliphatic rings. The summed E-state index contributed by atoms with van der Waals surface area (Å²) in [5.41, 5.74) is 2.12. The van der Waals surface area contributed by atoms with E-state index in [2.05, 4.69) is 29.1 Å². The van der Waals surface area contributed by atoms with Gasteiger partial charge in [0.1, 0.15) is 0 Å². The summed E-state index contributed by atoms with van der Waals surface area (Å²) in [4.78, 5) is 8.58. The lowest BCUT2D eigenvalue weighted by Crippen LogP contribution is -2.22. The third kappa shape index (κ3) is 4.63. The number of pyridine rings is 2. The highest BCUT2D eigenvalue weighted by atomic mass is 16.5. The van der Waals surface area contributed by atoms with E-state index in [0.717, 1.165) is 24.2 Å². The zero-order valence-electron chi connectivity index (χ0n) is 12.0. The summed E-state index contributed by atoms with van der Waals surface area (Å²) in [6, 6.07) is 10.3. The molecule has 1 N–H and O–H groups in total. The molecule has 4 nitrogen and oxygen atoms in total. The molecule has 0 atom stereocenters. The first kappa shape index (κ1) is 14.5. The second kappa shape index (κ2) is 7.60. The molecule has 0 saturated heterocycles. The van der Waals surface area contributed by atoms with Gasteiger partial charge in [0, 0.05) is 42.7 Å². The molecule has 20 heavy (non-hydrogen) atoms. The maximum absolute atomic E-state index is 5.78. The van der Waals surface area contributed by atoms with Gasteiger partial charge in [0.25, 0.3) is 0 Å². The van der Waals surface area contributed by atoms with Gasteiger partial charge in [0.15, 0.2) is 0 Å². The summed E-state index contributed by atoms with van der Waals surface area (Å²) in [6.45, 7) is 5.60. The Morgan fingerprint density at radius 3 is 2.70 bits per heavy atom. The molecular formula is C16H21N3O. The van der Waals surface area contributed by atoms with Crippen LogP contribution in [0.4, 0.5) is 0 Å². The maximum Gasteiger partial charge on any atom is 0.217 e. The molecule has 2 aromatic heterocycles. The van der Waals surface area contributed by atoms with Crippen LogP contribution in [0.25, 0.3) is 0 Å². The average Bonchev–Trinajstić information content (AvgIpc) is 2.47. The highest BCUT2D eigenvalue weighted by Crippen LogP contribution is 2.14. The number of nitrogens with one attached hydrogen (secondary N) is 1. The first-order valence-corrected chi connectivity index (χ1v) is 6.95. The lowest BCUT2D eigenvalue weighted by atomic mass is 10.2. The molecule has 0 amide bonds. The van der Waals surface area contributed by atoms with Crippen LogP contribution in [0.1, 0.15) is 25.1 Å². The number of hydrogen-bond donors (Lipinski definition) is 1. The second-order valence-electron chi connectivity index (χ2n) is 4.92. The van der Waals surface area contributed by atoms with Crippen molar-refractivity contribution in [3.8, 4) is 5.88 Å². The van der Waals surface area contributed by atoms with Crippen molar-refractivity contribution >= 4 is 0 Å². The van der Waals surface area contributed by atoms with E-state index in [4.69, 9.17) is 4.74 Å². The van der Waals surface area contributed by atoms with E-state index in [0.29, 0.717) is 18.5 Å². The molecule has 2 rings (SSSR count). The number of rotatable bonds is 7. The summed E-state index contributed by atoms with van der Waals surface area (Å²) in [5.74, 6) is 0.705. The molecular weight excluding hydrogens is 250 g/mol. The van der Waals surface area contributed by atoms with Crippen LogP contribution < -0.4 is 10.1 Å². The molecule has 0 aliphatic carbocycles. The second-order valence-corrected chi connectivity index (χ2v) is 4.92. The smallest absolute Gasteiger partial charge is 0.217 e. The monoisotopic (exact) mass is 271 g/mol. The Morgan fingerprint density at radius 1 is 1.10 bits per heavy atom. The van der Waals surface area contributed by atoms with E-state index >= 15 is 0 Å². The molecule has 2 aromatic rings. The molecule has 0 radical (unpaired) electrons. The van der Waals surface area contributed by atoms with Gasteiger partial charge in [-0.05, 0) is 18.2 Å². The highest BCUT2D eigenvalue weighted by Gasteiger charge is 2.05. The SMILES string of the molecule is CC(C)NCc1cccnc1OCCc1ccccn1. The van der Waals surface area contributed by atoms with Crippen LogP contribution >= 0.6 is 0 Å². The van der Waals surface area contributed by atoms with Crippen molar-refractivity contribution in [2.24, 2.45) is 0 Å². The Morgan fingerprint density at radius 2 is 1.95 bits per heavy atom. The Balaban J connectivity index is 1.89. The minimum absolute atomic E-state index is 0.441. The molecule has 0 aliphatic heterocycles. The van der Waals surface area contributed by atoms with Crippen molar-refractivity contribution in [1.82, 2.24) is 15.3 Å². The predicted octanol–water partition coefficient (Wildman–Crippen LogP) is 2.60. The standard InChI is InChI=1S/C16H21N3O/c1-13(2)19-12-14-6-5-10-18-16(14)20-11-8-15-7-3-4-9-17-15/h3-7,9-10,13,19H,8,11-12H2,1-2H3. The van der Waals surface area contributed by atoms with Crippen molar-refractivity contribution in [3.63, 3.8) is 0 Å². The molecule has 2 heterocycles. The van der Waals surface area contributed by atoms with Gasteiger partial charge in [-0.15, -0.1) is 0 Å². The summed E-state index contributed by atoms with van der Waals surface area (Å²) in [6.07, 6.45) is 4.34. The van der Waals surface area contributed by atoms with Crippen LogP contribution in [0.15, 0.2) is 42.7 Å². The summed E-state index contributed by atoms with van der Waals surface area (Å²) >= 11 is 0. The fourth-order valence-electron chi connectivity index (χ4n) is 1.80. The molecule has 4 heteroatoms. The summed E-state index contributed by atoms with van der Waals surface area (Å²) < 4.78 is 5.78. The molecule has 0 bridgehead atoms. The minimum atomic E-state index is 0.441. The number of aromatic nitrogens is 2. The van der Waals surface area contributed by atoms with Gasteiger partial charge in [-0.2, -0.15) is 0 Å². The largest absolute Gasteiger partial charge is 0.477 e. The molecule has 106 valence electrons. The Labute approximate surface area is 120 Å². The average molecular weight is 271 g/mol. The van der Waals surface area contributed by atoms with E-state index in [-0.39, 0.29) is 0 Å². The highest BCUT2D eigenvalue weighted by molar-refractivity contribution is 5.25. The maximum atomic E-state index is 5.78. The van der Waals surface area contributed by atoms with E-state index in [1.165, 1.54) is 0 Å². The number of ether oxygens (including phenoxy) is 1. The Hall–Kier alpha value is -1.94. The van der Waals surface area contributed by atoms with Gasteiger partial charge < -0.3 is 10.1 Å². The lowest BCUT2D eigenvalue weighted by Gasteiger charge is -2.12. The van der Waals surface area contributed by atoms with Crippen molar-refractivity contribution in [3.05, 3.63) is 54.0 Å². The molecule has 0 saturated carbocycles. The van der Waals surface area contributed by atoms with Gasteiger partial charge in [-0.1, -0.05) is 26.0 Å². The number of nitrogens with zero attached hydrogens (tertiary/aromatic N) is 2. The lowest BCUT2D eigenvalue weighted by molar-refractivity contribution is 0.303. The zero-order valence-corrected chi connectivity index (χ0v) is 12.0. The Bertz CT molecular complexity index is 514. The fourth-order valence-corrected chi connectivity index (χ4v) is 1.80. The predicted molar refractivity (Wildman–Crippen MR) is 79.6 cm³/mol. The third-order valence-electron chi connectivity index (χ3n) is 2.87. The van der Waals surface area contributed by atoms with Crippen LogP contribution in [0.3, 0.4) is 0 Å². The van der Waals surface area contributed by atoms with Crippen molar-refractivity contribution < 1.29 is 4.74 Å². The molecule has 0 fully saturated rings. The van der Waals surface area contributed by atoms with Crippen LogP contribution in [0.2, 0.25) is 0 Å². The van der Waals surface area contributed by atoms with E-state index < -0.39 is 0 Å². The minimum Gasteiger partial charge on any atom is -0.477 e. The van der Waals surface area contributed by atoms with Crippen LogP contribution in [-0.4, -0.2) is 22.6 Å². The first-order chi connectivity index (χ1) is 9.75. The van der Waals surface area contributed by atoms with Gasteiger partial charge in [-0.3, -0.25) is 4.98 Å². The van der Waals surface area contributed by atoms with E-state index in [9.17, 15) is 0 Å². The van der Waals surface area contributed by atoms with Crippen LogP contribution in [-0.2, 0) is 13.0 Å². The first-order valence-electron chi connectivity index (χ1n) is 6.95. The van der Waals surface area contributed by atoms with Crippen LogP contribution in [0.5, 0.6) is 5.88 Å². The van der Waals surface area contributed by atoms with Crippen molar-refractivity contribution in [2.45, 2.75) is 32.9 Å². The molecule has 0 aromatic carbocycles. The topological polar surface area (TPSA) is 47.0 Å². The molecule has 0 unspecified atom stereocenters. The van der Waals surface area contributed by atoms with Crippen molar-refractivity contribution in [1.29, 1.82) is 0 Å². The van der Waals surface area contributed by atoms with Gasteiger partial charge in [0.2, 0.25) is 5.88 Å². The zero-order chi connectivity index (χ0) is 14.2. The quantitative estimate of drug-likeness (QED) is 0.841. The van der Waals surface area contributed by atoms with Gasteiger partial charge >= 0.3 is 0 Å². The number of hydrogen-bond acceptors (Lipinski definition) is 4. The molecule has 0 spiro atoms. The van der Waals surface area contributed by atoms with Crippen LogP contribution in [0, 0.1) is 0 Å². The van der Waals surface area contributed by atoms with E-state index in [1.807, 2.05) is 30.3 Å². The van der Waals surface area contributed by atoms with Crippen molar-refractivity contribution in [2.75, 3.05) is 6.61 Å². The fraction of sp³-hybridized carbons (Fsp3) is 0.375. The summed E-state index contributed by atoms with van der Waals surface area (Å²) in [5, 5.41) is 3.38. The summed E-state index contributed by atoms with van der Waals surface area (Å²) in [7, 11) is 0. The Kier molecular flexibility index (Phi) is 5.50. The van der Waals surface area contributed by atoms with E-state index in [1.54, 1.807) is 12.4 Å².